The molecule has 0 fully saturated rings. The molecule has 0 heterocycles. The van der Waals surface area contributed by atoms with E-state index >= 15 is 0 Å². The van der Waals surface area contributed by atoms with Gasteiger partial charge in [0.15, 0.2) is 6.10 Å². The molecule has 0 saturated heterocycles. The summed E-state index contributed by atoms with van der Waals surface area (Å²) in [6.45, 7) is 10.3. The molecule has 0 aliphatic heterocycles. The van der Waals surface area contributed by atoms with Gasteiger partial charge in [0.1, 0.15) is 5.75 Å². The predicted molar refractivity (Wildman–Crippen MR) is 104 cm³/mol. The molecular weight excluding hydrogens is 310 g/mol. The van der Waals surface area contributed by atoms with Crippen LogP contribution in [0.5, 0.6) is 5.75 Å². The number of nitrogens with one attached hydrogen (secondary N) is 1. The minimum Gasteiger partial charge on any atom is -0.480 e. The van der Waals surface area contributed by atoms with E-state index in [1.807, 2.05) is 39.0 Å². The largest absolute Gasteiger partial charge is 0.480 e. The van der Waals surface area contributed by atoms with Crippen LogP contribution in [0.2, 0.25) is 0 Å². The van der Waals surface area contributed by atoms with Gasteiger partial charge in [0, 0.05) is 5.69 Å². The average Bonchev–Trinajstić information content (AvgIpc) is 2.62. The summed E-state index contributed by atoms with van der Waals surface area (Å²) in [6.07, 6.45) is 1.89. The molecule has 1 unspecified atom stereocenters. The number of carbonyl (C=O) groups is 1. The Labute approximate surface area is 151 Å². The van der Waals surface area contributed by atoms with Gasteiger partial charge in [-0.15, -0.1) is 0 Å². The third-order valence-electron chi connectivity index (χ3n) is 4.73. The minimum absolute atomic E-state index is 0.0843. The molecule has 1 amide bonds. The summed E-state index contributed by atoms with van der Waals surface area (Å²) < 4.78 is 6.04. The number of carbonyl (C=O) groups excluding carboxylic acids is 1. The van der Waals surface area contributed by atoms with Crippen molar-refractivity contribution in [3.05, 3.63) is 58.7 Å². The van der Waals surface area contributed by atoms with Gasteiger partial charge in [-0.05, 0) is 61.4 Å². The third kappa shape index (κ3) is 4.41. The van der Waals surface area contributed by atoms with Crippen molar-refractivity contribution in [2.24, 2.45) is 0 Å². The van der Waals surface area contributed by atoms with E-state index in [1.54, 1.807) is 0 Å². The Balaban J connectivity index is 2.22. The minimum atomic E-state index is -0.505. The standard InChI is InChI=1S/C22H29NO2/c1-6-17-12-10-13-18(7-2)21(17)23-22(24)19(8-3)25-20-14-9-11-15(4)16(20)5/h9-14,19H,6-8H2,1-5H3,(H,23,24). The van der Waals surface area contributed by atoms with Gasteiger partial charge in [0.2, 0.25) is 0 Å². The van der Waals surface area contributed by atoms with Gasteiger partial charge in [0.05, 0.1) is 0 Å². The van der Waals surface area contributed by atoms with Crippen molar-refractivity contribution in [3.63, 3.8) is 0 Å². The molecule has 3 heteroatoms. The molecule has 0 saturated carbocycles. The zero-order valence-electron chi connectivity index (χ0n) is 16.0. The second-order valence-electron chi connectivity index (χ2n) is 6.36. The Kier molecular flexibility index (Phi) is 6.63. The molecule has 0 bridgehead atoms. The van der Waals surface area contributed by atoms with E-state index in [1.165, 1.54) is 0 Å². The van der Waals surface area contributed by atoms with Crippen LogP contribution in [0.1, 0.15) is 49.4 Å². The van der Waals surface area contributed by atoms with Crippen molar-refractivity contribution in [2.45, 2.75) is 60.0 Å². The fourth-order valence-electron chi connectivity index (χ4n) is 2.93. The number of hydrogen-bond acceptors (Lipinski definition) is 2. The molecule has 1 atom stereocenters. The first kappa shape index (κ1) is 19.0. The lowest BCUT2D eigenvalue weighted by molar-refractivity contribution is -0.122. The van der Waals surface area contributed by atoms with Crippen molar-refractivity contribution >= 4 is 11.6 Å². The molecule has 3 nitrogen and oxygen atoms in total. The molecule has 2 rings (SSSR count). The second kappa shape index (κ2) is 8.70. The first-order valence-electron chi connectivity index (χ1n) is 9.16. The van der Waals surface area contributed by atoms with E-state index < -0.39 is 6.10 Å². The van der Waals surface area contributed by atoms with Gasteiger partial charge in [-0.1, -0.05) is 51.1 Å². The summed E-state index contributed by atoms with van der Waals surface area (Å²) >= 11 is 0. The maximum atomic E-state index is 12.8. The van der Waals surface area contributed by atoms with Crippen molar-refractivity contribution in [1.82, 2.24) is 0 Å². The van der Waals surface area contributed by atoms with Crippen LogP contribution in [0.4, 0.5) is 5.69 Å². The Morgan fingerprint density at radius 3 is 2.16 bits per heavy atom. The van der Waals surface area contributed by atoms with E-state index in [4.69, 9.17) is 4.74 Å². The number of aryl methyl sites for hydroxylation is 3. The molecule has 0 aliphatic carbocycles. The van der Waals surface area contributed by atoms with Crippen LogP contribution in [0, 0.1) is 13.8 Å². The number of benzene rings is 2. The van der Waals surface area contributed by atoms with Crippen molar-refractivity contribution in [1.29, 1.82) is 0 Å². The number of anilines is 1. The zero-order chi connectivity index (χ0) is 18.4. The maximum Gasteiger partial charge on any atom is 0.265 e. The van der Waals surface area contributed by atoms with Crippen LogP contribution in [0.3, 0.4) is 0 Å². The predicted octanol–water partition coefficient (Wildman–Crippen LogP) is 5.22. The first-order chi connectivity index (χ1) is 12.0. The Bertz CT molecular complexity index is 715. The fraction of sp³-hybridized carbons (Fsp3) is 0.409. The lowest BCUT2D eigenvalue weighted by Crippen LogP contribution is -2.33. The van der Waals surface area contributed by atoms with Crippen molar-refractivity contribution in [2.75, 3.05) is 5.32 Å². The van der Waals surface area contributed by atoms with Crippen LogP contribution < -0.4 is 10.1 Å². The third-order valence-corrected chi connectivity index (χ3v) is 4.73. The van der Waals surface area contributed by atoms with Gasteiger partial charge in [0.25, 0.3) is 5.91 Å². The van der Waals surface area contributed by atoms with E-state index in [0.717, 1.165) is 46.5 Å². The Morgan fingerprint density at radius 1 is 1.00 bits per heavy atom. The molecular formula is C22H29NO2. The van der Waals surface area contributed by atoms with Crippen LogP contribution in [0.25, 0.3) is 0 Å². The van der Waals surface area contributed by atoms with Gasteiger partial charge in [-0.2, -0.15) is 0 Å². The highest BCUT2D eigenvalue weighted by Crippen LogP contribution is 2.25. The van der Waals surface area contributed by atoms with E-state index in [0.29, 0.717) is 6.42 Å². The molecule has 0 radical (unpaired) electrons. The average molecular weight is 339 g/mol. The monoisotopic (exact) mass is 339 g/mol. The van der Waals surface area contributed by atoms with Gasteiger partial charge >= 0.3 is 0 Å². The summed E-state index contributed by atoms with van der Waals surface area (Å²) in [5.74, 6) is 0.695. The van der Waals surface area contributed by atoms with E-state index in [9.17, 15) is 4.79 Å². The molecule has 25 heavy (non-hydrogen) atoms. The highest BCUT2D eigenvalue weighted by Gasteiger charge is 2.21. The molecule has 134 valence electrons. The molecule has 0 aliphatic rings. The second-order valence-corrected chi connectivity index (χ2v) is 6.36. The van der Waals surface area contributed by atoms with Gasteiger partial charge < -0.3 is 10.1 Å². The van der Waals surface area contributed by atoms with Crippen molar-refractivity contribution < 1.29 is 9.53 Å². The number of para-hydroxylation sites is 1. The lowest BCUT2D eigenvalue weighted by atomic mass is 10.0. The summed E-state index contributed by atoms with van der Waals surface area (Å²) in [7, 11) is 0. The zero-order valence-corrected chi connectivity index (χ0v) is 16.0. The Morgan fingerprint density at radius 2 is 1.60 bits per heavy atom. The molecule has 2 aromatic rings. The normalized spacial score (nSPS) is 11.9. The van der Waals surface area contributed by atoms with Crippen LogP contribution in [-0.4, -0.2) is 12.0 Å². The smallest absolute Gasteiger partial charge is 0.265 e. The molecule has 0 spiro atoms. The van der Waals surface area contributed by atoms with Gasteiger partial charge in [-0.25, -0.2) is 0 Å². The van der Waals surface area contributed by atoms with E-state index in [2.05, 4.69) is 37.4 Å². The highest BCUT2D eigenvalue weighted by molar-refractivity contribution is 5.95. The van der Waals surface area contributed by atoms with Crippen LogP contribution in [0.15, 0.2) is 36.4 Å². The summed E-state index contributed by atoms with van der Waals surface area (Å²) in [5.41, 5.74) is 5.51. The number of rotatable bonds is 7. The maximum absolute atomic E-state index is 12.8. The Hall–Kier alpha value is -2.29. The van der Waals surface area contributed by atoms with Crippen molar-refractivity contribution in [3.8, 4) is 5.75 Å². The lowest BCUT2D eigenvalue weighted by Gasteiger charge is -2.21. The summed E-state index contributed by atoms with van der Waals surface area (Å²) in [4.78, 5) is 12.8. The number of hydrogen-bond donors (Lipinski definition) is 1. The fourth-order valence-corrected chi connectivity index (χ4v) is 2.93. The van der Waals surface area contributed by atoms with E-state index in [-0.39, 0.29) is 5.91 Å². The summed E-state index contributed by atoms with van der Waals surface area (Å²) in [6, 6.07) is 12.1. The summed E-state index contributed by atoms with van der Waals surface area (Å²) in [5, 5.41) is 3.12. The quantitative estimate of drug-likeness (QED) is 0.750. The highest BCUT2D eigenvalue weighted by atomic mass is 16.5. The number of amides is 1. The van der Waals surface area contributed by atoms with Crippen LogP contribution >= 0.6 is 0 Å². The first-order valence-corrected chi connectivity index (χ1v) is 9.16. The molecule has 0 aromatic heterocycles. The molecule has 1 N–H and O–H groups in total. The number of ether oxygens (including phenoxy) is 1. The SMILES string of the molecule is CCc1cccc(CC)c1NC(=O)C(CC)Oc1cccc(C)c1C. The van der Waals surface area contributed by atoms with Gasteiger partial charge in [-0.3, -0.25) is 4.79 Å². The topological polar surface area (TPSA) is 38.3 Å². The molecule has 2 aromatic carbocycles. The van der Waals surface area contributed by atoms with Crippen LogP contribution in [-0.2, 0) is 17.6 Å².